The summed E-state index contributed by atoms with van der Waals surface area (Å²) in [4.78, 5) is 8.38. The molecule has 0 radical (unpaired) electrons. The third kappa shape index (κ3) is 1.65. The predicted octanol–water partition coefficient (Wildman–Crippen LogP) is 2.20. The van der Waals surface area contributed by atoms with E-state index in [2.05, 4.69) is 15.3 Å². The molecule has 1 N–H and O–H groups in total. The molecule has 0 amide bonds. The van der Waals surface area contributed by atoms with E-state index in [-0.39, 0.29) is 0 Å². The van der Waals surface area contributed by atoms with Gasteiger partial charge in [-0.3, -0.25) is 0 Å². The normalized spacial score (nSPS) is 11.1. The molecule has 4 nitrogen and oxygen atoms in total. The number of aromatic nitrogens is 3. The lowest BCUT2D eigenvalue weighted by Gasteiger charge is -2.09. The minimum Gasteiger partial charge on any atom is -0.365 e. The van der Waals surface area contributed by atoms with Crippen molar-refractivity contribution in [3.8, 4) is 0 Å². The molecule has 2 rings (SSSR count). The second-order valence-electron chi connectivity index (χ2n) is 3.37. The molecule has 0 aliphatic heterocycles. The lowest BCUT2D eigenvalue weighted by molar-refractivity contribution is 0.886. The van der Waals surface area contributed by atoms with Gasteiger partial charge in [-0.2, -0.15) is 0 Å². The Labute approximate surface area is 86.9 Å². The maximum absolute atomic E-state index is 5.86. The van der Waals surface area contributed by atoms with E-state index in [1.54, 1.807) is 12.4 Å². The van der Waals surface area contributed by atoms with Gasteiger partial charge in [-0.05, 0) is 13.8 Å². The van der Waals surface area contributed by atoms with Crippen LogP contribution in [-0.4, -0.2) is 20.4 Å². The fourth-order valence-electron chi connectivity index (χ4n) is 1.27. The van der Waals surface area contributed by atoms with E-state index in [4.69, 9.17) is 11.6 Å². The molecule has 0 fully saturated rings. The average molecular weight is 211 g/mol. The summed E-state index contributed by atoms with van der Waals surface area (Å²) in [5.41, 5.74) is 0.795. The number of fused-ring (bicyclic) bond motifs is 1. The van der Waals surface area contributed by atoms with E-state index < -0.39 is 0 Å². The summed E-state index contributed by atoms with van der Waals surface area (Å²) in [6, 6.07) is 0.307. The fourth-order valence-corrected chi connectivity index (χ4v) is 1.46. The molecule has 0 spiro atoms. The topological polar surface area (TPSA) is 42.2 Å². The van der Waals surface area contributed by atoms with E-state index in [1.165, 1.54) is 0 Å². The first kappa shape index (κ1) is 9.27. The Bertz CT molecular complexity index is 449. The van der Waals surface area contributed by atoms with Gasteiger partial charge >= 0.3 is 0 Å². The van der Waals surface area contributed by atoms with Crippen LogP contribution in [-0.2, 0) is 0 Å². The molecule has 0 bridgehead atoms. The van der Waals surface area contributed by atoms with E-state index in [1.807, 2.05) is 24.4 Å². The highest BCUT2D eigenvalue weighted by atomic mass is 35.5. The van der Waals surface area contributed by atoms with Gasteiger partial charge in [0.15, 0.2) is 11.5 Å². The maximum atomic E-state index is 5.86. The molecule has 2 aromatic rings. The quantitative estimate of drug-likeness (QED) is 0.827. The van der Waals surface area contributed by atoms with Crippen LogP contribution in [0.1, 0.15) is 13.8 Å². The molecule has 14 heavy (non-hydrogen) atoms. The van der Waals surface area contributed by atoms with Crippen LogP contribution in [0.25, 0.3) is 5.65 Å². The Hall–Kier alpha value is -1.29. The first-order valence-corrected chi connectivity index (χ1v) is 4.80. The molecular weight excluding hydrogens is 200 g/mol. The van der Waals surface area contributed by atoms with Crippen molar-refractivity contribution >= 4 is 23.1 Å². The van der Waals surface area contributed by atoms with Gasteiger partial charge in [-0.1, -0.05) is 11.6 Å². The largest absolute Gasteiger partial charge is 0.365 e. The Morgan fingerprint density at radius 2 is 2.29 bits per heavy atom. The average Bonchev–Trinajstić information content (AvgIpc) is 2.50. The zero-order chi connectivity index (χ0) is 10.1. The smallest absolute Gasteiger partial charge is 0.180 e. The van der Waals surface area contributed by atoms with Crippen molar-refractivity contribution < 1.29 is 0 Å². The van der Waals surface area contributed by atoms with Crippen molar-refractivity contribution in [1.29, 1.82) is 0 Å². The number of rotatable bonds is 2. The number of hydrogen-bond acceptors (Lipinski definition) is 3. The minimum atomic E-state index is 0.307. The summed E-state index contributed by atoms with van der Waals surface area (Å²) in [6.07, 6.45) is 5.29. The van der Waals surface area contributed by atoms with E-state index in [0.29, 0.717) is 11.2 Å². The van der Waals surface area contributed by atoms with Crippen LogP contribution in [0.3, 0.4) is 0 Å². The summed E-state index contributed by atoms with van der Waals surface area (Å²) in [7, 11) is 0. The standard InChI is InChI=1S/C9H11ClN4/c1-6(2)12-8-9-11-3-4-14(9)5-7(10)13-8/h3-6H,1-2H3,(H,12,13). The number of nitrogens with zero attached hydrogens (tertiary/aromatic N) is 3. The highest BCUT2D eigenvalue weighted by Crippen LogP contribution is 2.16. The van der Waals surface area contributed by atoms with Crippen molar-refractivity contribution in [3.63, 3.8) is 0 Å². The van der Waals surface area contributed by atoms with Crippen LogP contribution < -0.4 is 5.32 Å². The second kappa shape index (κ2) is 3.46. The summed E-state index contributed by atoms with van der Waals surface area (Å²) in [6.45, 7) is 4.09. The van der Waals surface area contributed by atoms with Crippen LogP contribution in [0.4, 0.5) is 5.82 Å². The van der Waals surface area contributed by atoms with Gasteiger partial charge in [0.2, 0.25) is 0 Å². The van der Waals surface area contributed by atoms with Crippen molar-refractivity contribution in [1.82, 2.24) is 14.4 Å². The van der Waals surface area contributed by atoms with Gasteiger partial charge < -0.3 is 9.72 Å². The minimum absolute atomic E-state index is 0.307. The van der Waals surface area contributed by atoms with Gasteiger partial charge in [0.25, 0.3) is 0 Å². The first-order chi connectivity index (χ1) is 6.66. The Balaban J connectivity index is 2.55. The number of nitrogens with one attached hydrogen (secondary N) is 1. The lowest BCUT2D eigenvalue weighted by atomic mass is 10.4. The molecule has 0 unspecified atom stereocenters. The van der Waals surface area contributed by atoms with E-state index in [9.17, 15) is 0 Å². The molecule has 2 heterocycles. The van der Waals surface area contributed by atoms with Gasteiger partial charge in [0, 0.05) is 24.6 Å². The van der Waals surface area contributed by atoms with Gasteiger partial charge in [-0.15, -0.1) is 0 Å². The lowest BCUT2D eigenvalue weighted by Crippen LogP contribution is -2.12. The third-order valence-electron chi connectivity index (χ3n) is 1.77. The van der Waals surface area contributed by atoms with Crippen LogP contribution in [0.15, 0.2) is 18.6 Å². The first-order valence-electron chi connectivity index (χ1n) is 4.42. The molecule has 0 aliphatic carbocycles. The molecule has 2 aromatic heterocycles. The maximum Gasteiger partial charge on any atom is 0.180 e. The second-order valence-corrected chi connectivity index (χ2v) is 3.76. The van der Waals surface area contributed by atoms with Gasteiger partial charge in [0.1, 0.15) is 5.15 Å². The predicted molar refractivity (Wildman–Crippen MR) is 56.8 cm³/mol. The summed E-state index contributed by atoms with van der Waals surface area (Å²) >= 11 is 5.86. The summed E-state index contributed by atoms with van der Waals surface area (Å²) in [5, 5.41) is 3.65. The van der Waals surface area contributed by atoms with Crippen molar-refractivity contribution in [2.45, 2.75) is 19.9 Å². The molecule has 0 aliphatic rings. The zero-order valence-electron chi connectivity index (χ0n) is 8.03. The van der Waals surface area contributed by atoms with Crippen molar-refractivity contribution in [2.24, 2.45) is 0 Å². The molecule has 74 valence electrons. The highest BCUT2D eigenvalue weighted by molar-refractivity contribution is 6.29. The molecule has 0 saturated carbocycles. The zero-order valence-corrected chi connectivity index (χ0v) is 8.78. The Morgan fingerprint density at radius 3 is 3.00 bits per heavy atom. The Morgan fingerprint density at radius 1 is 1.50 bits per heavy atom. The molecular formula is C9H11ClN4. The number of imidazole rings is 1. The van der Waals surface area contributed by atoms with Crippen LogP contribution in [0.2, 0.25) is 5.15 Å². The van der Waals surface area contributed by atoms with Crippen molar-refractivity contribution in [3.05, 3.63) is 23.7 Å². The van der Waals surface area contributed by atoms with E-state index >= 15 is 0 Å². The molecule has 5 heteroatoms. The summed E-state index contributed by atoms with van der Waals surface area (Å²) in [5.74, 6) is 0.720. The molecule has 0 aromatic carbocycles. The summed E-state index contributed by atoms with van der Waals surface area (Å²) < 4.78 is 1.85. The number of anilines is 1. The number of hydrogen-bond donors (Lipinski definition) is 1. The SMILES string of the molecule is CC(C)Nc1nc(Cl)cn2ccnc12. The van der Waals surface area contributed by atoms with Crippen LogP contribution in [0.5, 0.6) is 0 Å². The van der Waals surface area contributed by atoms with Crippen LogP contribution in [0, 0.1) is 0 Å². The molecule has 0 saturated heterocycles. The fraction of sp³-hybridized carbons (Fsp3) is 0.333. The Kier molecular flexibility index (Phi) is 2.29. The molecule has 0 atom stereocenters. The van der Waals surface area contributed by atoms with E-state index in [0.717, 1.165) is 11.5 Å². The highest BCUT2D eigenvalue weighted by Gasteiger charge is 2.06. The number of halogens is 1. The van der Waals surface area contributed by atoms with Gasteiger partial charge in [0.05, 0.1) is 0 Å². The monoisotopic (exact) mass is 210 g/mol. The van der Waals surface area contributed by atoms with Gasteiger partial charge in [-0.25, -0.2) is 9.97 Å². The third-order valence-corrected chi connectivity index (χ3v) is 1.95. The van der Waals surface area contributed by atoms with Crippen LogP contribution >= 0.6 is 11.6 Å². The van der Waals surface area contributed by atoms with Crippen molar-refractivity contribution in [2.75, 3.05) is 5.32 Å².